The molecule has 160 valence electrons. The molecule has 0 spiro atoms. The van der Waals surface area contributed by atoms with Crippen LogP contribution in [0.15, 0.2) is 30.5 Å². The van der Waals surface area contributed by atoms with Crippen molar-refractivity contribution in [3.8, 4) is 0 Å². The Labute approximate surface area is 179 Å². The summed E-state index contributed by atoms with van der Waals surface area (Å²) in [4.78, 5) is 45.4. The fourth-order valence-corrected chi connectivity index (χ4v) is 4.70. The molecule has 31 heavy (non-hydrogen) atoms. The Morgan fingerprint density at radius 2 is 1.71 bits per heavy atom. The molecule has 1 aromatic carbocycles. The number of hydrogen-bond acceptors (Lipinski definition) is 4. The zero-order valence-electron chi connectivity index (χ0n) is 17.6. The third-order valence-corrected chi connectivity index (χ3v) is 6.38. The molecule has 2 aliphatic heterocycles. The molecule has 3 aromatic rings. The number of aryl methyl sites for hydroxylation is 2. The van der Waals surface area contributed by atoms with Gasteiger partial charge in [-0.05, 0) is 32.3 Å². The number of benzene rings is 1. The summed E-state index contributed by atoms with van der Waals surface area (Å²) in [7, 11) is 0. The second-order valence-electron chi connectivity index (χ2n) is 8.27. The summed E-state index contributed by atoms with van der Waals surface area (Å²) in [6.45, 7) is 4.19. The van der Waals surface area contributed by atoms with E-state index in [9.17, 15) is 14.4 Å². The van der Waals surface area contributed by atoms with Crippen LogP contribution in [0.4, 0.5) is 0 Å². The van der Waals surface area contributed by atoms with E-state index in [1.54, 1.807) is 16.0 Å². The lowest BCUT2D eigenvalue weighted by Crippen LogP contribution is -2.52. The number of ketones is 1. The van der Waals surface area contributed by atoms with Gasteiger partial charge in [0, 0.05) is 49.3 Å². The molecule has 4 heterocycles. The van der Waals surface area contributed by atoms with Gasteiger partial charge in [-0.2, -0.15) is 5.10 Å². The maximum atomic E-state index is 13.0. The van der Waals surface area contributed by atoms with Gasteiger partial charge in [-0.3, -0.25) is 19.1 Å². The van der Waals surface area contributed by atoms with Crippen molar-refractivity contribution < 1.29 is 14.4 Å². The minimum absolute atomic E-state index is 0.0333. The molecule has 5 rings (SSSR count). The summed E-state index contributed by atoms with van der Waals surface area (Å²) in [6, 6.07) is 7.49. The Bertz CT molecular complexity index is 1180. The van der Waals surface area contributed by atoms with E-state index in [4.69, 9.17) is 0 Å². The van der Waals surface area contributed by atoms with Crippen LogP contribution in [0.5, 0.6) is 0 Å². The first-order valence-corrected chi connectivity index (χ1v) is 10.8. The van der Waals surface area contributed by atoms with E-state index in [0.717, 1.165) is 42.4 Å². The van der Waals surface area contributed by atoms with Gasteiger partial charge in [0.1, 0.15) is 0 Å². The summed E-state index contributed by atoms with van der Waals surface area (Å²) in [6.07, 6.45) is 4.71. The van der Waals surface area contributed by atoms with Crippen molar-refractivity contribution in [3.63, 3.8) is 0 Å². The molecular weight excluding hydrogens is 394 g/mol. The van der Waals surface area contributed by atoms with Crippen LogP contribution in [0.25, 0.3) is 10.9 Å². The van der Waals surface area contributed by atoms with Crippen LogP contribution in [-0.4, -0.2) is 68.3 Å². The second kappa shape index (κ2) is 7.68. The molecule has 1 saturated heterocycles. The number of H-pyrrole nitrogens is 1. The molecule has 1 fully saturated rings. The van der Waals surface area contributed by atoms with Gasteiger partial charge in [0.15, 0.2) is 0 Å². The van der Waals surface area contributed by atoms with Crippen molar-refractivity contribution >= 4 is 28.5 Å². The van der Waals surface area contributed by atoms with E-state index in [0.29, 0.717) is 43.0 Å². The van der Waals surface area contributed by atoms with Crippen LogP contribution in [0.1, 0.15) is 44.9 Å². The van der Waals surface area contributed by atoms with Gasteiger partial charge in [0.2, 0.25) is 0 Å². The minimum atomic E-state index is -0.511. The zero-order valence-corrected chi connectivity index (χ0v) is 17.6. The van der Waals surface area contributed by atoms with Gasteiger partial charge in [0.05, 0.1) is 23.0 Å². The van der Waals surface area contributed by atoms with E-state index >= 15 is 0 Å². The molecule has 0 unspecified atom stereocenters. The first-order chi connectivity index (χ1) is 15.0. The SMILES string of the molecule is Cc1[nH]c2ccccc2c1C(=O)C(=O)N1CCN(C(=O)c2cnn3c2CCCC3)CC1. The number of nitrogens with zero attached hydrogens (tertiary/aromatic N) is 4. The predicted octanol–water partition coefficient (Wildman–Crippen LogP) is 2.18. The Morgan fingerprint density at radius 3 is 2.52 bits per heavy atom. The molecule has 8 heteroatoms. The van der Waals surface area contributed by atoms with Crippen LogP contribution in [-0.2, 0) is 17.8 Å². The molecule has 2 aromatic heterocycles. The average molecular weight is 419 g/mol. The van der Waals surface area contributed by atoms with Gasteiger partial charge >= 0.3 is 0 Å². The monoisotopic (exact) mass is 419 g/mol. The second-order valence-corrected chi connectivity index (χ2v) is 8.27. The highest BCUT2D eigenvalue weighted by Crippen LogP contribution is 2.24. The Hall–Kier alpha value is -3.42. The number of carbonyl (C=O) groups excluding carboxylic acids is 3. The van der Waals surface area contributed by atoms with Crippen LogP contribution in [0, 0.1) is 6.92 Å². The number of carbonyl (C=O) groups is 3. The molecule has 0 atom stereocenters. The van der Waals surface area contributed by atoms with Crippen LogP contribution in [0.2, 0.25) is 0 Å². The molecule has 2 amide bonds. The van der Waals surface area contributed by atoms with Crippen molar-refractivity contribution in [2.45, 2.75) is 32.7 Å². The lowest BCUT2D eigenvalue weighted by atomic mass is 10.0. The lowest BCUT2D eigenvalue weighted by molar-refractivity contribution is -0.127. The third kappa shape index (κ3) is 3.32. The minimum Gasteiger partial charge on any atom is -0.358 e. The van der Waals surface area contributed by atoms with Crippen molar-refractivity contribution in [2.75, 3.05) is 26.2 Å². The number of hydrogen-bond donors (Lipinski definition) is 1. The lowest BCUT2D eigenvalue weighted by Gasteiger charge is -2.34. The standard InChI is InChI=1S/C23H25N5O3/c1-15-20(16-6-2-3-7-18(16)25-15)21(29)23(31)27-12-10-26(11-13-27)22(30)17-14-24-28-9-5-4-8-19(17)28/h2-3,6-7,14,25H,4-5,8-13H2,1H3. The molecule has 0 saturated carbocycles. The first kappa shape index (κ1) is 19.5. The predicted molar refractivity (Wildman–Crippen MR) is 115 cm³/mol. The number of piperazine rings is 1. The fraction of sp³-hybridized carbons (Fsp3) is 0.391. The quantitative estimate of drug-likeness (QED) is 0.520. The van der Waals surface area contributed by atoms with Gasteiger partial charge in [-0.1, -0.05) is 18.2 Å². The number of fused-ring (bicyclic) bond motifs is 2. The molecule has 0 radical (unpaired) electrons. The van der Waals surface area contributed by atoms with Crippen molar-refractivity contribution in [1.29, 1.82) is 0 Å². The molecule has 1 N–H and O–H groups in total. The number of nitrogens with one attached hydrogen (secondary N) is 1. The van der Waals surface area contributed by atoms with E-state index in [1.165, 1.54) is 0 Å². The van der Waals surface area contributed by atoms with E-state index in [-0.39, 0.29) is 5.91 Å². The van der Waals surface area contributed by atoms with Gasteiger partial charge < -0.3 is 14.8 Å². The molecular formula is C23H25N5O3. The maximum Gasteiger partial charge on any atom is 0.295 e. The third-order valence-electron chi connectivity index (χ3n) is 6.38. The molecule has 0 bridgehead atoms. The van der Waals surface area contributed by atoms with Crippen molar-refractivity contribution in [2.24, 2.45) is 0 Å². The first-order valence-electron chi connectivity index (χ1n) is 10.8. The zero-order chi connectivity index (χ0) is 21.5. The highest BCUT2D eigenvalue weighted by Gasteiger charge is 2.32. The van der Waals surface area contributed by atoms with Crippen LogP contribution >= 0.6 is 0 Å². The highest BCUT2D eigenvalue weighted by atomic mass is 16.2. The maximum absolute atomic E-state index is 13.0. The Kier molecular flexibility index (Phi) is 4.84. The van der Waals surface area contributed by atoms with Gasteiger partial charge in [-0.25, -0.2) is 0 Å². The number of para-hydroxylation sites is 1. The Balaban J connectivity index is 1.27. The number of aromatic nitrogens is 3. The van der Waals surface area contributed by atoms with Crippen molar-refractivity contribution in [1.82, 2.24) is 24.6 Å². The van der Waals surface area contributed by atoms with E-state index < -0.39 is 11.7 Å². The van der Waals surface area contributed by atoms with Gasteiger partial charge in [0.25, 0.3) is 17.6 Å². The average Bonchev–Trinajstić information content (AvgIpc) is 3.38. The summed E-state index contributed by atoms with van der Waals surface area (Å²) in [5, 5.41) is 5.12. The number of amides is 2. The number of Topliss-reactive ketones (excluding diaryl/α,β-unsaturated/α-hetero) is 1. The van der Waals surface area contributed by atoms with Crippen LogP contribution in [0.3, 0.4) is 0 Å². The van der Waals surface area contributed by atoms with E-state index in [1.807, 2.05) is 35.9 Å². The van der Waals surface area contributed by atoms with Crippen LogP contribution < -0.4 is 0 Å². The summed E-state index contributed by atoms with van der Waals surface area (Å²) in [5.41, 5.74) is 3.66. The van der Waals surface area contributed by atoms with Gasteiger partial charge in [-0.15, -0.1) is 0 Å². The summed E-state index contributed by atoms with van der Waals surface area (Å²) < 4.78 is 1.93. The highest BCUT2D eigenvalue weighted by molar-refractivity contribution is 6.45. The fourth-order valence-electron chi connectivity index (χ4n) is 4.70. The molecule has 0 aliphatic carbocycles. The molecule has 8 nitrogen and oxygen atoms in total. The van der Waals surface area contributed by atoms with E-state index in [2.05, 4.69) is 10.1 Å². The molecule has 2 aliphatic rings. The number of rotatable bonds is 3. The topological polar surface area (TPSA) is 91.3 Å². The number of aromatic amines is 1. The summed E-state index contributed by atoms with van der Waals surface area (Å²) >= 11 is 0. The smallest absolute Gasteiger partial charge is 0.295 e. The Morgan fingerprint density at radius 1 is 0.968 bits per heavy atom. The largest absolute Gasteiger partial charge is 0.358 e. The normalized spacial score (nSPS) is 16.4. The van der Waals surface area contributed by atoms with Crippen molar-refractivity contribution in [3.05, 3.63) is 53.0 Å². The summed E-state index contributed by atoms with van der Waals surface area (Å²) in [5.74, 6) is -1.04.